The van der Waals surface area contributed by atoms with Gasteiger partial charge in [-0.1, -0.05) is 6.07 Å². The van der Waals surface area contributed by atoms with E-state index in [1.807, 2.05) is 12.1 Å². The van der Waals surface area contributed by atoms with Crippen molar-refractivity contribution in [2.24, 2.45) is 10.8 Å². The van der Waals surface area contributed by atoms with Gasteiger partial charge in [-0.05, 0) is 25.5 Å². The van der Waals surface area contributed by atoms with Crippen LogP contribution in [0.1, 0.15) is 40.1 Å². The molecule has 4 rings (SSSR count). The molecule has 3 aromatic rings. The molecule has 11 heteroatoms. The van der Waals surface area contributed by atoms with E-state index in [1.54, 1.807) is 38.5 Å². The Morgan fingerprint density at radius 3 is 2.81 bits per heavy atom. The van der Waals surface area contributed by atoms with Gasteiger partial charge in [-0.3, -0.25) is 20.0 Å². The summed E-state index contributed by atoms with van der Waals surface area (Å²) >= 11 is 0. The number of nitrogens with two attached hydrogens (primary N) is 1. The number of carbonyl (C=O) groups is 1. The van der Waals surface area contributed by atoms with Crippen molar-refractivity contribution in [3.8, 4) is 0 Å². The van der Waals surface area contributed by atoms with Gasteiger partial charge in [0.1, 0.15) is 11.2 Å². The lowest BCUT2D eigenvalue weighted by Crippen LogP contribution is -2.29. The van der Waals surface area contributed by atoms with Crippen LogP contribution >= 0.6 is 0 Å². The Labute approximate surface area is 182 Å². The number of allylic oxidation sites excluding steroid dienone is 2. The molecule has 0 bridgehead atoms. The molecule has 0 spiro atoms. The van der Waals surface area contributed by atoms with E-state index in [4.69, 9.17) is 5.73 Å². The average molecular weight is 431 g/mol. The van der Waals surface area contributed by atoms with Crippen molar-refractivity contribution in [2.75, 3.05) is 0 Å². The van der Waals surface area contributed by atoms with E-state index >= 15 is 0 Å². The fourth-order valence-corrected chi connectivity index (χ4v) is 3.15. The van der Waals surface area contributed by atoms with Gasteiger partial charge in [0.2, 0.25) is 5.43 Å². The number of hydrogen-bond donors (Lipinski definition) is 5. The lowest BCUT2D eigenvalue weighted by molar-refractivity contribution is 0.0949. The fourth-order valence-electron chi connectivity index (χ4n) is 3.15. The van der Waals surface area contributed by atoms with E-state index in [2.05, 4.69) is 41.3 Å². The first-order valence-corrected chi connectivity index (χ1v) is 9.73. The first kappa shape index (κ1) is 20.7. The number of hydrazone groups is 1. The molecule has 1 aliphatic heterocycles. The Hall–Kier alpha value is -4.54. The lowest BCUT2D eigenvalue weighted by atomic mass is 10.1. The number of aromatic amines is 1. The van der Waals surface area contributed by atoms with E-state index in [-0.39, 0.29) is 17.5 Å². The molecule has 0 radical (unpaired) electrons. The molecule has 0 saturated carbocycles. The highest BCUT2D eigenvalue weighted by Crippen LogP contribution is 2.13. The van der Waals surface area contributed by atoms with Gasteiger partial charge in [-0.15, -0.1) is 0 Å². The van der Waals surface area contributed by atoms with Gasteiger partial charge >= 0.3 is 0 Å². The smallest absolute Gasteiger partial charge is 0.257 e. The Morgan fingerprint density at radius 2 is 2.12 bits per heavy atom. The van der Waals surface area contributed by atoms with Crippen LogP contribution in [0.25, 0.3) is 22.7 Å². The van der Waals surface area contributed by atoms with E-state index in [0.717, 1.165) is 16.8 Å². The van der Waals surface area contributed by atoms with Crippen LogP contribution in [0, 0.1) is 6.92 Å². The summed E-state index contributed by atoms with van der Waals surface area (Å²) in [4.78, 5) is 41.4. The van der Waals surface area contributed by atoms with Gasteiger partial charge in [0.05, 0.1) is 23.0 Å². The number of hydrogen-bond acceptors (Lipinski definition) is 9. The van der Waals surface area contributed by atoms with Crippen LogP contribution in [0.3, 0.4) is 0 Å². The fraction of sp³-hybridized carbons (Fsp3) is 0.143. The number of aromatic nitrogens is 4. The topological polar surface area (TPSA) is 163 Å². The maximum absolute atomic E-state index is 12.9. The Morgan fingerprint density at radius 1 is 1.28 bits per heavy atom. The Bertz CT molecular complexity index is 1330. The minimum absolute atomic E-state index is 0.0192. The molecule has 1 aliphatic rings. The van der Waals surface area contributed by atoms with Crippen molar-refractivity contribution in [3.63, 3.8) is 0 Å². The second kappa shape index (κ2) is 8.68. The average Bonchev–Trinajstić information content (AvgIpc) is 2.78. The van der Waals surface area contributed by atoms with Crippen LogP contribution in [0.15, 0.2) is 46.3 Å². The molecule has 0 fully saturated rings. The second-order valence-electron chi connectivity index (χ2n) is 7.16. The van der Waals surface area contributed by atoms with Crippen molar-refractivity contribution in [1.82, 2.24) is 36.2 Å². The molecule has 162 valence electrons. The van der Waals surface area contributed by atoms with Crippen molar-refractivity contribution >= 4 is 34.8 Å². The zero-order valence-electron chi connectivity index (χ0n) is 17.4. The predicted molar refractivity (Wildman–Crippen MR) is 121 cm³/mol. The number of nitrogens with one attached hydrogen (secondary N) is 4. The Kier molecular flexibility index (Phi) is 5.62. The van der Waals surface area contributed by atoms with Gasteiger partial charge in [0.25, 0.3) is 5.91 Å². The molecule has 1 amide bonds. The first-order valence-electron chi connectivity index (χ1n) is 9.73. The monoisotopic (exact) mass is 431 g/mol. The lowest BCUT2D eigenvalue weighted by Gasteiger charge is -2.10. The van der Waals surface area contributed by atoms with Gasteiger partial charge in [0, 0.05) is 42.5 Å². The number of amides is 1. The molecule has 0 aromatic carbocycles. The highest BCUT2D eigenvalue weighted by Gasteiger charge is 2.16. The maximum Gasteiger partial charge on any atom is 0.257 e. The Balaban J connectivity index is 1.51. The number of nitrogens with zero attached hydrogens (tertiary/aromatic N) is 4. The number of aryl methyl sites for hydroxylation is 1. The molecule has 6 N–H and O–H groups in total. The third kappa shape index (κ3) is 4.31. The van der Waals surface area contributed by atoms with E-state index < -0.39 is 11.3 Å². The quantitative estimate of drug-likeness (QED) is 0.394. The van der Waals surface area contributed by atoms with Crippen LogP contribution in [0.5, 0.6) is 0 Å². The summed E-state index contributed by atoms with van der Waals surface area (Å²) in [5.74, 6) is -0.114. The first-order chi connectivity index (χ1) is 15.4. The second-order valence-corrected chi connectivity index (χ2v) is 7.16. The minimum Gasteiger partial charge on any atom is -0.402 e. The molecule has 11 nitrogen and oxygen atoms in total. The summed E-state index contributed by atoms with van der Waals surface area (Å²) in [7, 11) is 0. The number of H-pyrrole nitrogens is 1. The predicted octanol–water partition coefficient (Wildman–Crippen LogP) is 0.706. The molecule has 32 heavy (non-hydrogen) atoms. The maximum atomic E-state index is 12.9. The van der Waals surface area contributed by atoms with Crippen LogP contribution in [0.2, 0.25) is 0 Å². The number of pyridine rings is 2. The van der Waals surface area contributed by atoms with Crippen molar-refractivity contribution in [1.29, 1.82) is 0 Å². The summed E-state index contributed by atoms with van der Waals surface area (Å²) in [6.45, 7) is 3.62. The molecule has 0 saturated heterocycles. The van der Waals surface area contributed by atoms with Crippen molar-refractivity contribution in [3.05, 3.63) is 75.0 Å². The van der Waals surface area contributed by atoms with E-state index in [1.165, 1.54) is 6.20 Å². The van der Waals surface area contributed by atoms with Crippen LogP contribution in [-0.4, -0.2) is 32.1 Å². The van der Waals surface area contributed by atoms with E-state index in [0.29, 0.717) is 22.9 Å². The van der Waals surface area contributed by atoms with Gasteiger partial charge in [0.15, 0.2) is 5.82 Å². The summed E-state index contributed by atoms with van der Waals surface area (Å²) in [6, 6.07) is 3.67. The zero-order valence-corrected chi connectivity index (χ0v) is 17.4. The zero-order chi connectivity index (χ0) is 22.7. The van der Waals surface area contributed by atoms with Crippen LogP contribution < -0.4 is 27.4 Å². The summed E-state index contributed by atoms with van der Waals surface area (Å²) in [5.41, 5.74) is 14.3. The third-order valence-electron chi connectivity index (χ3n) is 4.67. The number of fused-ring (bicyclic) bond motifs is 1. The van der Waals surface area contributed by atoms with Crippen molar-refractivity contribution in [2.45, 2.75) is 20.4 Å². The van der Waals surface area contributed by atoms with Crippen LogP contribution in [-0.2, 0) is 6.54 Å². The molecule has 3 aromatic heterocycles. The molecular weight excluding hydrogens is 410 g/mol. The van der Waals surface area contributed by atoms with Gasteiger partial charge < -0.3 is 16.0 Å². The van der Waals surface area contributed by atoms with E-state index in [9.17, 15) is 9.59 Å². The SMILES string of the molecule is C/C(N)=C/c1nc(C)c2c(=O)c(C(=O)NCc3ccc(C4=CNNN=C4)nc3)c[nH]c2n1. The molecule has 4 heterocycles. The van der Waals surface area contributed by atoms with Crippen molar-refractivity contribution < 1.29 is 4.79 Å². The minimum atomic E-state index is -0.504. The number of hydrazine groups is 1. The van der Waals surface area contributed by atoms with Crippen LogP contribution in [0.4, 0.5) is 0 Å². The largest absolute Gasteiger partial charge is 0.402 e. The highest BCUT2D eigenvalue weighted by atomic mass is 16.2. The van der Waals surface area contributed by atoms with Gasteiger partial charge in [-0.25, -0.2) is 15.5 Å². The highest BCUT2D eigenvalue weighted by molar-refractivity contribution is 6.09. The molecular formula is C21H21N9O2. The molecule has 0 unspecified atom stereocenters. The van der Waals surface area contributed by atoms with Gasteiger partial charge in [-0.2, -0.15) is 5.10 Å². The summed E-state index contributed by atoms with van der Waals surface area (Å²) in [5, 5.41) is 6.91. The third-order valence-corrected chi connectivity index (χ3v) is 4.67. The number of rotatable bonds is 5. The molecule has 0 atom stereocenters. The summed E-state index contributed by atoms with van der Waals surface area (Å²) in [6.07, 6.45) is 8.00. The number of carbonyl (C=O) groups excluding carboxylic acids is 1. The standard InChI is InChI=1S/C21H21N9O2/c1-11(22)5-17-28-12(2)18-19(31)15(10-24-20(18)29-17)21(32)25-7-13-3-4-16(23-6-13)14-8-26-30-27-9-14/h3-6,8-10,26,30H,7,22H2,1-2H3,(H,25,32)(H,24,28,29,31)/b11-5-. The normalized spacial score (nSPS) is 13.3. The summed E-state index contributed by atoms with van der Waals surface area (Å²) < 4.78 is 0. The molecule has 0 aliphatic carbocycles.